The summed E-state index contributed by atoms with van der Waals surface area (Å²) < 4.78 is 0. The number of nitrogens with zero attached hydrogens (tertiary/aromatic N) is 2. The molecule has 0 radical (unpaired) electrons. The van der Waals surface area contributed by atoms with E-state index in [0.29, 0.717) is 18.1 Å². The number of fused-ring (bicyclic) bond motifs is 1. The Hall–Kier alpha value is -3.75. The summed E-state index contributed by atoms with van der Waals surface area (Å²) in [6, 6.07) is 7.50. The van der Waals surface area contributed by atoms with Gasteiger partial charge in [0.25, 0.3) is 11.8 Å². The van der Waals surface area contributed by atoms with E-state index in [-0.39, 0.29) is 24.0 Å². The molecule has 0 saturated carbocycles. The van der Waals surface area contributed by atoms with Gasteiger partial charge in [0.1, 0.15) is 11.9 Å². The molecule has 0 bridgehead atoms. The summed E-state index contributed by atoms with van der Waals surface area (Å²) in [5.74, 6) is -1.72. The average Bonchev–Trinajstić information content (AvgIpc) is 2.92. The van der Waals surface area contributed by atoms with E-state index in [1.54, 1.807) is 36.5 Å². The normalized spacial score (nSPS) is 18.9. The molecule has 1 aromatic carbocycles. The molecule has 3 heterocycles. The molecule has 2 aliphatic rings. The number of carbonyl (C=O) groups is 4. The highest BCUT2D eigenvalue weighted by molar-refractivity contribution is 6.23. The van der Waals surface area contributed by atoms with Crippen LogP contribution in [0.5, 0.6) is 0 Å². The minimum absolute atomic E-state index is 0.0888. The van der Waals surface area contributed by atoms with E-state index in [4.69, 9.17) is 5.73 Å². The van der Waals surface area contributed by atoms with Crippen LogP contribution in [-0.4, -0.2) is 39.6 Å². The topological polar surface area (TPSA) is 134 Å². The van der Waals surface area contributed by atoms with E-state index in [1.165, 1.54) is 0 Å². The van der Waals surface area contributed by atoms with Crippen LogP contribution in [0.2, 0.25) is 0 Å². The molecule has 0 aliphatic carbocycles. The summed E-state index contributed by atoms with van der Waals surface area (Å²) in [5.41, 5.74) is 7.73. The lowest BCUT2D eigenvalue weighted by molar-refractivity contribution is -0.136. The molecule has 9 heteroatoms. The number of piperidine rings is 1. The molecule has 1 saturated heterocycles. The third-order valence-corrected chi connectivity index (χ3v) is 4.83. The third kappa shape index (κ3) is 2.96. The summed E-state index contributed by atoms with van der Waals surface area (Å²) >= 11 is 0. The maximum absolute atomic E-state index is 12.8. The predicted octanol–water partition coefficient (Wildman–Crippen LogP) is 0.677. The summed E-state index contributed by atoms with van der Waals surface area (Å²) in [6.45, 7) is 0.378. The molecule has 28 heavy (non-hydrogen) atoms. The van der Waals surface area contributed by atoms with E-state index < -0.39 is 29.7 Å². The third-order valence-electron chi connectivity index (χ3n) is 4.83. The standard InChI is InChI=1S/C19H17N5O4/c20-16-13(2-1-7-21-16)22-9-10-3-4-11-12(8-10)19(28)24(18(11)27)14-5-6-15(25)23-17(14)26/h1-4,7-8,14,22H,5-6,9H2,(H2,20,21)(H,23,25,26). The van der Waals surface area contributed by atoms with Crippen molar-refractivity contribution in [3.63, 3.8) is 0 Å². The van der Waals surface area contributed by atoms with Crippen molar-refractivity contribution in [3.05, 3.63) is 53.2 Å². The van der Waals surface area contributed by atoms with Gasteiger partial charge in [-0.05, 0) is 36.2 Å². The van der Waals surface area contributed by atoms with Crippen LogP contribution in [0.25, 0.3) is 0 Å². The van der Waals surface area contributed by atoms with Gasteiger partial charge in [-0.3, -0.25) is 29.4 Å². The van der Waals surface area contributed by atoms with Gasteiger partial charge < -0.3 is 11.1 Å². The van der Waals surface area contributed by atoms with Crippen molar-refractivity contribution in [2.75, 3.05) is 11.1 Å². The Morgan fingerprint density at radius 2 is 1.93 bits per heavy atom. The van der Waals surface area contributed by atoms with Crippen LogP contribution in [-0.2, 0) is 16.1 Å². The number of nitrogens with one attached hydrogen (secondary N) is 2. The van der Waals surface area contributed by atoms with Crippen LogP contribution in [0, 0.1) is 0 Å². The molecule has 1 atom stereocenters. The van der Waals surface area contributed by atoms with Crippen molar-refractivity contribution in [2.45, 2.75) is 25.4 Å². The molecular weight excluding hydrogens is 362 g/mol. The van der Waals surface area contributed by atoms with Gasteiger partial charge in [0.05, 0.1) is 16.8 Å². The van der Waals surface area contributed by atoms with Gasteiger partial charge in [-0.25, -0.2) is 4.98 Å². The first-order chi connectivity index (χ1) is 13.5. The zero-order chi connectivity index (χ0) is 19.8. The highest BCUT2D eigenvalue weighted by Gasteiger charge is 2.44. The maximum Gasteiger partial charge on any atom is 0.262 e. The fourth-order valence-electron chi connectivity index (χ4n) is 3.39. The van der Waals surface area contributed by atoms with E-state index in [1.807, 2.05) is 0 Å². The highest BCUT2D eigenvalue weighted by atomic mass is 16.2. The molecule has 4 N–H and O–H groups in total. The second-order valence-electron chi connectivity index (χ2n) is 6.62. The number of hydrogen-bond acceptors (Lipinski definition) is 7. The summed E-state index contributed by atoms with van der Waals surface area (Å²) in [5, 5.41) is 5.31. The number of rotatable bonds is 4. The Balaban J connectivity index is 1.55. The number of nitrogen functional groups attached to an aromatic ring is 1. The largest absolute Gasteiger partial charge is 0.382 e. The first-order valence-electron chi connectivity index (χ1n) is 8.74. The lowest BCUT2D eigenvalue weighted by Crippen LogP contribution is -2.54. The monoisotopic (exact) mass is 379 g/mol. The Morgan fingerprint density at radius 1 is 1.14 bits per heavy atom. The van der Waals surface area contributed by atoms with E-state index in [2.05, 4.69) is 15.6 Å². The SMILES string of the molecule is Nc1ncccc1NCc1ccc2c(c1)C(=O)N(C1CCC(=O)NC1=O)C2=O. The first-order valence-corrected chi connectivity index (χ1v) is 8.74. The smallest absolute Gasteiger partial charge is 0.262 e. The Labute approximate surface area is 159 Å². The van der Waals surface area contributed by atoms with Crippen molar-refractivity contribution in [1.29, 1.82) is 0 Å². The summed E-state index contributed by atoms with van der Waals surface area (Å²) in [7, 11) is 0. The molecule has 1 unspecified atom stereocenters. The Morgan fingerprint density at radius 3 is 2.68 bits per heavy atom. The van der Waals surface area contributed by atoms with Crippen LogP contribution in [0.1, 0.15) is 39.1 Å². The minimum atomic E-state index is -0.970. The van der Waals surface area contributed by atoms with Gasteiger partial charge in [0.2, 0.25) is 11.8 Å². The molecule has 0 spiro atoms. The van der Waals surface area contributed by atoms with Gasteiger partial charge in [-0.2, -0.15) is 0 Å². The van der Waals surface area contributed by atoms with Crippen LogP contribution in [0.3, 0.4) is 0 Å². The molecule has 4 amide bonds. The second-order valence-corrected chi connectivity index (χ2v) is 6.62. The predicted molar refractivity (Wildman–Crippen MR) is 99.1 cm³/mol. The number of anilines is 2. The van der Waals surface area contributed by atoms with Crippen LogP contribution in [0.4, 0.5) is 11.5 Å². The zero-order valence-corrected chi connectivity index (χ0v) is 14.8. The summed E-state index contributed by atoms with van der Waals surface area (Å²) in [4.78, 5) is 53.8. The van der Waals surface area contributed by atoms with Crippen LogP contribution >= 0.6 is 0 Å². The van der Waals surface area contributed by atoms with Crippen molar-refractivity contribution in [2.24, 2.45) is 0 Å². The fourth-order valence-corrected chi connectivity index (χ4v) is 3.39. The number of aromatic nitrogens is 1. The molecule has 1 aromatic heterocycles. The Kier molecular flexibility index (Phi) is 4.26. The summed E-state index contributed by atoms with van der Waals surface area (Å²) in [6.07, 6.45) is 1.81. The van der Waals surface area contributed by atoms with E-state index in [9.17, 15) is 19.2 Å². The van der Waals surface area contributed by atoms with Gasteiger partial charge in [-0.1, -0.05) is 6.07 Å². The van der Waals surface area contributed by atoms with Crippen molar-refractivity contribution in [1.82, 2.24) is 15.2 Å². The van der Waals surface area contributed by atoms with Gasteiger partial charge >= 0.3 is 0 Å². The number of carbonyl (C=O) groups excluding carboxylic acids is 4. The fraction of sp³-hybridized carbons (Fsp3) is 0.211. The second kappa shape index (κ2) is 6.76. The van der Waals surface area contributed by atoms with Crippen molar-refractivity contribution < 1.29 is 19.2 Å². The van der Waals surface area contributed by atoms with Crippen molar-refractivity contribution >= 4 is 35.1 Å². The number of pyridine rings is 1. The van der Waals surface area contributed by atoms with Gasteiger partial charge in [0, 0.05) is 19.2 Å². The number of nitrogens with two attached hydrogens (primary N) is 1. The molecule has 2 aliphatic heterocycles. The van der Waals surface area contributed by atoms with Gasteiger partial charge in [0.15, 0.2) is 0 Å². The molecule has 4 rings (SSSR count). The molecular formula is C19H17N5O4. The van der Waals surface area contributed by atoms with Crippen LogP contribution in [0.15, 0.2) is 36.5 Å². The van der Waals surface area contributed by atoms with E-state index in [0.717, 1.165) is 10.5 Å². The first kappa shape index (κ1) is 17.7. The van der Waals surface area contributed by atoms with Crippen LogP contribution < -0.4 is 16.4 Å². The minimum Gasteiger partial charge on any atom is -0.382 e. The number of hydrogen-bond donors (Lipinski definition) is 3. The number of imide groups is 2. The maximum atomic E-state index is 12.8. The van der Waals surface area contributed by atoms with Crippen molar-refractivity contribution in [3.8, 4) is 0 Å². The lowest BCUT2D eigenvalue weighted by atomic mass is 10.0. The van der Waals surface area contributed by atoms with Gasteiger partial charge in [-0.15, -0.1) is 0 Å². The average molecular weight is 379 g/mol. The number of benzene rings is 1. The highest BCUT2D eigenvalue weighted by Crippen LogP contribution is 2.28. The number of amides is 4. The lowest BCUT2D eigenvalue weighted by Gasteiger charge is -2.27. The molecule has 2 aromatic rings. The molecule has 142 valence electrons. The quantitative estimate of drug-likeness (QED) is 0.665. The zero-order valence-electron chi connectivity index (χ0n) is 14.8. The molecule has 9 nitrogen and oxygen atoms in total. The Bertz CT molecular complexity index is 1020. The molecule has 1 fully saturated rings. The van der Waals surface area contributed by atoms with E-state index >= 15 is 0 Å².